The molecule has 5 nitrogen and oxygen atoms in total. The van der Waals surface area contributed by atoms with Gasteiger partial charge in [-0.3, -0.25) is 9.35 Å². The molecule has 0 saturated carbocycles. The van der Waals surface area contributed by atoms with Crippen LogP contribution in [0.2, 0.25) is 10.0 Å². The molecule has 0 bridgehead atoms. The number of amides is 1. The van der Waals surface area contributed by atoms with Gasteiger partial charge in [-0.25, -0.2) is 0 Å². The van der Waals surface area contributed by atoms with Crippen LogP contribution in [0.5, 0.6) is 0 Å². The first-order valence-corrected chi connectivity index (χ1v) is 9.00. The van der Waals surface area contributed by atoms with Gasteiger partial charge in [-0.1, -0.05) is 35.8 Å². The Morgan fingerprint density at radius 3 is 2.21 bits per heavy atom. The van der Waals surface area contributed by atoms with E-state index >= 15 is 0 Å². The summed E-state index contributed by atoms with van der Waals surface area (Å²) in [5.41, 5.74) is 0.752. The van der Waals surface area contributed by atoms with Crippen LogP contribution < -0.4 is 5.32 Å². The van der Waals surface area contributed by atoms with Gasteiger partial charge in [-0.15, -0.1) is 12.6 Å². The predicted octanol–water partition coefficient (Wildman–Crippen LogP) is 4.18. The molecular formula is C15H11Cl2NO4S2. The van der Waals surface area contributed by atoms with Gasteiger partial charge in [-0.05, 0) is 30.3 Å². The molecule has 1 amide bonds. The molecule has 0 unspecified atom stereocenters. The third kappa shape index (κ3) is 4.12. The molecule has 0 saturated heterocycles. The van der Waals surface area contributed by atoms with Crippen molar-refractivity contribution in [2.24, 2.45) is 0 Å². The molecule has 2 aromatic carbocycles. The Morgan fingerprint density at radius 1 is 1.08 bits per heavy atom. The SMILES string of the molecule is C=C(C(=O)Nc1ccc(S(=O)(=O)O)cc1)c1ccc(S)c(Cl)c1Cl. The zero-order valence-electron chi connectivity index (χ0n) is 12.0. The normalized spacial score (nSPS) is 11.2. The number of nitrogens with one attached hydrogen (secondary N) is 1. The van der Waals surface area contributed by atoms with Gasteiger partial charge < -0.3 is 5.32 Å². The molecule has 0 aromatic heterocycles. The third-order valence-electron chi connectivity index (χ3n) is 3.07. The van der Waals surface area contributed by atoms with Gasteiger partial charge in [0.1, 0.15) is 0 Å². The molecule has 0 aliphatic rings. The van der Waals surface area contributed by atoms with E-state index in [-0.39, 0.29) is 20.5 Å². The highest BCUT2D eigenvalue weighted by Gasteiger charge is 2.16. The first-order chi connectivity index (χ1) is 11.1. The molecule has 0 aliphatic carbocycles. The van der Waals surface area contributed by atoms with Gasteiger partial charge >= 0.3 is 0 Å². The highest BCUT2D eigenvalue weighted by atomic mass is 35.5. The first-order valence-electron chi connectivity index (χ1n) is 6.36. The lowest BCUT2D eigenvalue weighted by Gasteiger charge is -2.11. The summed E-state index contributed by atoms with van der Waals surface area (Å²) in [6, 6.07) is 8.14. The summed E-state index contributed by atoms with van der Waals surface area (Å²) in [4.78, 5) is 12.4. The van der Waals surface area contributed by atoms with E-state index in [0.29, 0.717) is 16.1 Å². The lowest BCUT2D eigenvalue weighted by molar-refractivity contribution is -0.111. The number of carbonyl (C=O) groups excluding carboxylic acids is 1. The second-order valence-electron chi connectivity index (χ2n) is 4.69. The number of halogens is 2. The Kier molecular flexibility index (Phi) is 5.62. The van der Waals surface area contributed by atoms with E-state index in [4.69, 9.17) is 27.8 Å². The Hall–Kier alpha value is -1.51. The van der Waals surface area contributed by atoms with E-state index in [2.05, 4.69) is 24.5 Å². The van der Waals surface area contributed by atoms with Gasteiger partial charge in [-0.2, -0.15) is 8.42 Å². The Labute approximate surface area is 154 Å². The second-order valence-corrected chi connectivity index (χ2v) is 7.35. The average Bonchev–Trinajstić information content (AvgIpc) is 2.52. The molecule has 24 heavy (non-hydrogen) atoms. The second kappa shape index (κ2) is 7.16. The molecule has 0 aliphatic heterocycles. The number of hydrogen-bond acceptors (Lipinski definition) is 4. The number of benzene rings is 2. The quantitative estimate of drug-likeness (QED) is 0.406. The Bertz CT molecular complexity index is 925. The monoisotopic (exact) mass is 403 g/mol. The number of thiol groups is 1. The summed E-state index contributed by atoms with van der Waals surface area (Å²) < 4.78 is 30.9. The minimum Gasteiger partial charge on any atom is -0.322 e. The molecule has 0 atom stereocenters. The fourth-order valence-corrected chi connectivity index (χ4v) is 2.99. The minimum absolute atomic E-state index is 0.0779. The van der Waals surface area contributed by atoms with Crippen molar-refractivity contribution < 1.29 is 17.8 Å². The molecule has 9 heteroatoms. The third-order valence-corrected chi connectivity index (χ3v) is 5.33. The van der Waals surface area contributed by atoms with Crippen LogP contribution in [-0.2, 0) is 14.9 Å². The molecule has 2 rings (SSSR count). The predicted molar refractivity (Wildman–Crippen MR) is 97.6 cm³/mol. The van der Waals surface area contributed by atoms with Crippen LogP contribution in [0.15, 0.2) is 52.8 Å². The maximum atomic E-state index is 12.2. The van der Waals surface area contributed by atoms with E-state index in [0.717, 1.165) is 12.1 Å². The molecule has 0 fully saturated rings. The van der Waals surface area contributed by atoms with Crippen LogP contribution in [0, 0.1) is 0 Å². The van der Waals surface area contributed by atoms with Gasteiger partial charge in [0.2, 0.25) is 0 Å². The van der Waals surface area contributed by atoms with E-state index < -0.39 is 16.0 Å². The number of carbonyl (C=O) groups is 1. The first kappa shape index (κ1) is 18.8. The average molecular weight is 404 g/mol. The maximum Gasteiger partial charge on any atom is 0.294 e. The van der Waals surface area contributed by atoms with Crippen molar-refractivity contribution in [2.45, 2.75) is 9.79 Å². The van der Waals surface area contributed by atoms with Gasteiger partial charge in [0.15, 0.2) is 0 Å². The Balaban J connectivity index is 2.21. The van der Waals surface area contributed by atoms with Crippen molar-refractivity contribution in [3.63, 3.8) is 0 Å². The lowest BCUT2D eigenvalue weighted by atomic mass is 10.1. The van der Waals surface area contributed by atoms with Crippen molar-refractivity contribution >= 4 is 63.1 Å². The van der Waals surface area contributed by atoms with E-state index in [9.17, 15) is 13.2 Å². The fraction of sp³-hybridized carbons (Fsp3) is 0. The van der Waals surface area contributed by atoms with E-state index in [1.165, 1.54) is 12.1 Å². The van der Waals surface area contributed by atoms with Crippen molar-refractivity contribution in [1.29, 1.82) is 0 Å². The smallest absolute Gasteiger partial charge is 0.294 e. The Morgan fingerprint density at radius 2 is 1.67 bits per heavy atom. The summed E-state index contributed by atoms with van der Waals surface area (Å²) in [7, 11) is -4.29. The number of anilines is 1. The van der Waals surface area contributed by atoms with Crippen LogP contribution in [0.3, 0.4) is 0 Å². The minimum atomic E-state index is -4.29. The molecule has 2 N–H and O–H groups in total. The van der Waals surface area contributed by atoms with Crippen LogP contribution in [0.25, 0.3) is 5.57 Å². The molecule has 0 heterocycles. The van der Waals surface area contributed by atoms with Crippen molar-refractivity contribution in [2.75, 3.05) is 5.32 Å². The van der Waals surface area contributed by atoms with Crippen LogP contribution >= 0.6 is 35.8 Å². The van der Waals surface area contributed by atoms with E-state index in [1.807, 2.05) is 0 Å². The fourth-order valence-electron chi connectivity index (χ4n) is 1.81. The highest BCUT2D eigenvalue weighted by molar-refractivity contribution is 7.85. The summed E-state index contributed by atoms with van der Waals surface area (Å²) >= 11 is 16.2. The van der Waals surface area contributed by atoms with Crippen molar-refractivity contribution in [3.8, 4) is 0 Å². The lowest BCUT2D eigenvalue weighted by Crippen LogP contribution is -2.13. The zero-order valence-corrected chi connectivity index (χ0v) is 15.2. The van der Waals surface area contributed by atoms with Gasteiger partial charge in [0.05, 0.1) is 14.9 Å². The van der Waals surface area contributed by atoms with Gasteiger partial charge in [0.25, 0.3) is 16.0 Å². The molecule has 0 spiro atoms. The number of hydrogen-bond donors (Lipinski definition) is 3. The van der Waals surface area contributed by atoms with Crippen LogP contribution in [0.4, 0.5) is 5.69 Å². The molecule has 2 aromatic rings. The summed E-state index contributed by atoms with van der Waals surface area (Å²) in [5, 5.41) is 2.91. The zero-order chi connectivity index (χ0) is 18.1. The summed E-state index contributed by atoms with van der Waals surface area (Å²) in [5.74, 6) is -0.542. The summed E-state index contributed by atoms with van der Waals surface area (Å²) in [6.45, 7) is 3.69. The van der Waals surface area contributed by atoms with Crippen molar-refractivity contribution in [1.82, 2.24) is 0 Å². The standard InChI is InChI=1S/C15H11Cl2NO4S2/c1-8(11-6-7-12(23)14(17)13(11)16)15(19)18-9-2-4-10(5-3-9)24(20,21)22/h2-7,23H,1H2,(H,18,19)(H,20,21,22). The van der Waals surface area contributed by atoms with Gasteiger partial charge in [0, 0.05) is 21.7 Å². The molecular weight excluding hydrogens is 393 g/mol. The molecule has 0 radical (unpaired) electrons. The van der Waals surface area contributed by atoms with Crippen LogP contribution in [0.1, 0.15) is 5.56 Å². The maximum absolute atomic E-state index is 12.2. The van der Waals surface area contributed by atoms with Crippen LogP contribution in [-0.4, -0.2) is 18.9 Å². The topological polar surface area (TPSA) is 83.5 Å². The highest BCUT2D eigenvalue weighted by Crippen LogP contribution is 2.34. The largest absolute Gasteiger partial charge is 0.322 e. The summed E-state index contributed by atoms with van der Waals surface area (Å²) in [6.07, 6.45) is 0. The molecule has 126 valence electrons. The number of rotatable bonds is 4. The van der Waals surface area contributed by atoms with E-state index in [1.54, 1.807) is 12.1 Å². The van der Waals surface area contributed by atoms with Crippen molar-refractivity contribution in [3.05, 3.63) is 58.6 Å².